The number of rotatable bonds is 4. The van der Waals surface area contributed by atoms with Gasteiger partial charge in [0.2, 0.25) is 0 Å². The SMILES string of the molecule is O=C(Nc1ccc(CCBr)cc1)c1ccc(I)cc1. The highest BCUT2D eigenvalue weighted by Crippen LogP contribution is 2.13. The topological polar surface area (TPSA) is 29.1 Å². The van der Waals surface area contributed by atoms with Crippen molar-refractivity contribution in [3.05, 3.63) is 63.2 Å². The van der Waals surface area contributed by atoms with E-state index in [4.69, 9.17) is 0 Å². The molecule has 0 aliphatic rings. The Morgan fingerprint density at radius 3 is 2.26 bits per heavy atom. The van der Waals surface area contributed by atoms with Crippen LogP contribution in [-0.2, 0) is 6.42 Å². The predicted octanol–water partition coefficient (Wildman–Crippen LogP) is 4.48. The Bertz CT molecular complexity index is 551. The molecule has 4 heteroatoms. The molecule has 0 saturated carbocycles. The number of alkyl halides is 1. The number of hydrogen-bond acceptors (Lipinski definition) is 1. The fourth-order valence-corrected chi connectivity index (χ4v) is 2.49. The Kier molecular flexibility index (Phi) is 5.39. The second-order valence-corrected chi connectivity index (χ2v) is 6.14. The van der Waals surface area contributed by atoms with Crippen LogP contribution in [-0.4, -0.2) is 11.2 Å². The summed E-state index contributed by atoms with van der Waals surface area (Å²) in [4.78, 5) is 12.0. The molecule has 1 amide bonds. The molecular weight excluding hydrogens is 417 g/mol. The van der Waals surface area contributed by atoms with E-state index in [1.807, 2.05) is 48.5 Å². The van der Waals surface area contributed by atoms with Crippen molar-refractivity contribution >= 4 is 50.1 Å². The number of halogens is 2. The monoisotopic (exact) mass is 429 g/mol. The van der Waals surface area contributed by atoms with Crippen LogP contribution in [0.1, 0.15) is 15.9 Å². The van der Waals surface area contributed by atoms with Crippen molar-refractivity contribution in [2.75, 3.05) is 10.6 Å². The molecule has 0 saturated heterocycles. The Balaban J connectivity index is 2.04. The molecule has 0 atom stereocenters. The fraction of sp³-hybridized carbons (Fsp3) is 0.133. The van der Waals surface area contributed by atoms with Crippen LogP contribution in [0.3, 0.4) is 0 Å². The van der Waals surface area contributed by atoms with Gasteiger partial charge in [0.15, 0.2) is 0 Å². The van der Waals surface area contributed by atoms with Gasteiger partial charge in [-0.25, -0.2) is 0 Å². The lowest BCUT2D eigenvalue weighted by Crippen LogP contribution is -2.11. The molecule has 2 aromatic rings. The van der Waals surface area contributed by atoms with Gasteiger partial charge in [-0.1, -0.05) is 28.1 Å². The van der Waals surface area contributed by atoms with E-state index < -0.39 is 0 Å². The molecule has 2 aromatic carbocycles. The van der Waals surface area contributed by atoms with Gasteiger partial charge in [0.1, 0.15) is 0 Å². The van der Waals surface area contributed by atoms with E-state index in [1.165, 1.54) is 5.56 Å². The molecule has 0 aliphatic carbocycles. The number of aryl methyl sites for hydroxylation is 1. The van der Waals surface area contributed by atoms with Crippen molar-refractivity contribution in [2.45, 2.75) is 6.42 Å². The molecule has 19 heavy (non-hydrogen) atoms. The predicted molar refractivity (Wildman–Crippen MR) is 91.1 cm³/mol. The lowest BCUT2D eigenvalue weighted by atomic mass is 10.1. The summed E-state index contributed by atoms with van der Waals surface area (Å²) in [6.45, 7) is 0. The number of hydrogen-bond donors (Lipinski definition) is 1. The summed E-state index contributed by atoms with van der Waals surface area (Å²) >= 11 is 5.63. The van der Waals surface area contributed by atoms with Gasteiger partial charge in [-0.15, -0.1) is 0 Å². The van der Waals surface area contributed by atoms with E-state index >= 15 is 0 Å². The summed E-state index contributed by atoms with van der Waals surface area (Å²) in [6, 6.07) is 15.4. The van der Waals surface area contributed by atoms with Gasteiger partial charge >= 0.3 is 0 Å². The van der Waals surface area contributed by atoms with Crippen molar-refractivity contribution in [2.24, 2.45) is 0 Å². The van der Waals surface area contributed by atoms with E-state index in [1.54, 1.807) is 0 Å². The Hall–Kier alpha value is -0.880. The second-order valence-electron chi connectivity index (χ2n) is 4.10. The third-order valence-corrected chi connectivity index (χ3v) is 3.82. The minimum Gasteiger partial charge on any atom is -0.322 e. The van der Waals surface area contributed by atoms with Crippen LogP contribution in [0.2, 0.25) is 0 Å². The van der Waals surface area contributed by atoms with Gasteiger partial charge in [-0.3, -0.25) is 4.79 Å². The van der Waals surface area contributed by atoms with Gasteiger partial charge < -0.3 is 5.32 Å². The summed E-state index contributed by atoms with van der Waals surface area (Å²) in [5.74, 6) is -0.0790. The molecule has 0 aliphatic heterocycles. The van der Waals surface area contributed by atoms with Crippen molar-refractivity contribution in [1.29, 1.82) is 0 Å². The summed E-state index contributed by atoms with van der Waals surface area (Å²) in [6.07, 6.45) is 0.991. The second kappa shape index (κ2) is 7.05. The van der Waals surface area contributed by atoms with E-state index in [2.05, 4.69) is 43.8 Å². The highest BCUT2D eigenvalue weighted by atomic mass is 127. The molecule has 0 aromatic heterocycles. The van der Waals surface area contributed by atoms with E-state index in [0.29, 0.717) is 5.56 Å². The minimum atomic E-state index is -0.0790. The minimum absolute atomic E-state index is 0.0790. The van der Waals surface area contributed by atoms with Crippen LogP contribution in [0.25, 0.3) is 0 Å². The molecule has 0 unspecified atom stereocenters. The molecule has 0 fully saturated rings. The van der Waals surface area contributed by atoms with Gasteiger partial charge in [0.25, 0.3) is 5.91 Å². The summed E-state index contributed by atoms with van der Waals surface area (Å²) in [5.41, 5.74) is 2.75. The highest BCUT2D eigenvalue weighted by Gasteiger charge is 2.05. The smallest absolute Gasteiger partial charge is 0.255 e. The average Bonchev–Trinajstić information content (AvgIpc) is 2.42. The molecule has 1 N–H and O–H groups in total. The third kappa shape index (κ3) is 4.31. The van der Waals surface area contributed by atoms with E-state index in [9.17, 15) is 4.79 Å². The first kappa shape index (κ1) is 14.5. The molecular formula is C15H13BrINO. The van der Waals surface area contributed by atoms with Gasteiger partial charge in [-0.2, -0.15) is 0 Å². The fourth-order valence-electron chi connectivity index (χ4n) is 1.67. The molecule has 2 nitrogen and oxygen atoms in total. The van der Waals surface area contributed by atoms with Gasteiger partial charge in [-0.05, 0) is 71.0 Å². The zero-order valence-electron chi connectivity index (χ0n) is 10.2. The number of nitrogens with one attached hydrogen (secondary N) is 1. The van der Waals surface area contributed by atoms with E-state index in [-0.39, 0.29) is 5.91 Å². The van der Waals surface area contributed by atoms with E-state index in [0.717, 1.165) is 21.0 Å². The summed E-state index contributed by atoms with van der Waals surface area (Å²) in [7, 11) is 0. The summed E-state index contributed by atoms with van der Waals surface area (Å²) in [5, 5.41) is 3.84. The van der Waals surface area contributed by atoms with Gasteiger partial charge in [0.05, 0.1) is 0 Å². The van der Waals surface area contributed by atoms with Gasteiger partial charge in [0, 0.05) is 20.2 Å². The van der Waals surface area contributed by atoms with Crippen LogP contribution in [0.5, 0.6) is 0 Å². The maximum Gasteiger partial charge on any atom is 0.255 e. The maximum absolute atomic E-state index is 12.0. The van der Waals surface area contributed by atoms with Crippen LogP contribution in [0.15, 0.2) is 48.5 Å². The number of benzene rings is 2. The van der Waals surface area contributed by atoms with Crippen molar-refractivity contribution < 1.29 is 4.79 Å². The van der Waals surface area contributed by atoms with Crippen LogP contribution >= 0.6 is 38.5 Å². The molecule has 98 valence electrons. The molecule has 0 spiro atoms. The quantitative estimate of drug-likeness (QED) is 0.563. The number of carbonyl (C=O) groups excluding carboxylic acids is 1. The average molecular weight is 430 g/mol. The van der Waals surface area contributed by atoms with Crippen LogP contribution < -0.4 is 5.32 Å². The lowest BCUT2D eigenvalue weighted by Gasteiger charge is -2.06. The first-order chi connectivity index (χ1) is 9.19. The molecule has 0 radical (unpaired) electrons. The molecule has 2 rings (SSSR count). The first-order valence-electron chi connectivity index (χ1n) is 5.91. The highest BCUT2D eigenvalue weighted by molar-refractivity contribution is 14.1. The standard InChI is InChI=1S/C15H13BrINO/c16-10-9-11-1-7-14(8-2-11)18-15(19)12-3-5-13(17)6-4-12/h1-8H,9-10H2,(H,18,19). The van der Waals surface area contributed by atoms with Crippen LogP contribution in [0, 0.1) is 3.57 Å². The number of anilines is 1. The summed E-state index contributed by atoms with van der Waals surface area (Å²) < 4.78 is 1.12. The molecule has 0 bridgehead atoms. The zero-order valence-corrected chi connectivity index (χ0v) is 13.9. The molecule has 0 heterocycles. The largest absolute Gasteiger partial charge is 0.322 e. The normalized spacial score (nSPS) is 10.2. The first-order valence-corrected chi connectivity index (χ1v) is 8.11. The zero-order chi connectivity index (χ0) is 13.7. The maximum atomic E-state index is 12.0. The number of carbonyl (C=O) groups is 1. The Labute approximate surface area is 134 Å². The van der Waals surface area contributed by atoms with Crippen molar-refractivity contribution in [1.82, 2.24) is 0 Å². The van der Waals surface area contributed by atoms with Crippen molar-refractivity contribution in [3.8, 4) is 0 Å². The lowest BCUT2D eigenvalue weighted by molar-refractivity contribution is 0.102. The van der Waals surface area contributed by atoms with Crippen molar-refractivity contribution in [3.63, 3.8) is 0 Å². The number of amides is 1. The third-order valence-electron chi connectivity index (χ3n) is 2.70. The Morgan fingerprint density at radius 1 is 1.05 bits per heavy atom. The Morgan fingerprint density at radius 2 is 1.68 bits per heavy atom. The van der Waals surface area contributed by atoms with Crippen LogP contribution in [0.4, 0.5) is 5.69 Å².